The molecule has 9 nitrogen and oxygen atoms in total. The molecule has 0 amide bonds. The molecule has 0 spiro atoms. The van der Waals surface area contributed by atoms with E-state index in [4.69, 9.17) is 9.47 Å². The Morgan fingerprint density at radius 1 is 1.23 bits per heavy atom. The predicted molar refractivity (Wildman–Crippen MR) is 109 cm³/mol. The molecule has 3 aromatic heterocycles. The summed E-state index contributed by atoms with van der Waals surface area (Å²) in [5.41, 5.74) is 2.84. The first-order chi connectivity index (χ1) is 14.7. The summed E-state index contributed by atoms with van der Waals surface area (Å²) in [5.74, 6) is 1.48. The fourth-order valence-electron chi connectivity index (χ4n) is 3.90. The molecule has 154 valence electrons. The van der Waals surface area contributed by atoms with E-state index in [2.05, 4.69) is 26.4 Å². The summed E-state index contributed by atoms with van der Waals surface area (Å²) < 4.78 is 12.9. The van der Waals surface area contributed by atoms with Gasteiger partial charge in [0.15, 0.2) is 0 Å². The maximum atomic E-state index is 10.0. The summed E-state index contributed by atoms with van der Waals surface area (Å²) in [6.07, 6.45) is 3.97. The number of fused-ring (bicyclic) bond motifs is 1. The first-order valence-electron chi connectivity index (χ1n) is 9.99. The van der Waals surface area contributed by atoms with Gasteiger partial charge in [0.25, 0.3) is 0 Å². The van der Waals surface area contributed by atoms with Crippen LogP contribution in [0.1, 0.15) is 5.56 Å². The van der Waals surface area contributed by atoms with E-state index >= 15 is 0 Å². The molecule has 2 saturated heterocycles. The van der Waals surface area contributed by atoms with E-state index in [1.165, 1.54) is 0 Å². The number of nitrogens with zero attached hydrogens (tertiary/aromatic N) is 5. The number of rotatable bonds is 4. The maximum absolute atomic E-state index is 10.0. The van der Waals surface area contributed by atoms with Gasteiger partial charge in [-0.1, -0.05) is 0 Å². The summed E-state index contributed by atoms with van der Waals surface area (Å²) in [6, 6.07) is 8.08. The van der Waals surface area contributed by atoms with E-state index in [0.29, 0.717) is 23.4 Å². The molecule has 9 heteroatoms. The van der Waals surface area contributed by atoms with Gasteiger partial charge in [-0.05, 0) is 18.2 Å². The fraction of sp³-hybridized carbons (Fsp3) is 0.381. The number of nitrogens with one attached hydrogen (secondary N) is 1. The third-order valence-electron chi connectivity index (χ3n) is 5.49. The number of ether oxygens (including phenoxy) is 2. The Kier molecular flexibility index (Phi) is 4.96. The van der Waals surface area contributed by atoms with Crippen molar-refractivity contribution in [3.05, 3.63) is 42.4 Å². The van der Waals surface area contributed by atoms with Crippen molar-refractivity contribution in [1.82, 2.24) is 19.9 Å². The second-order valence-electron chi connectivity index (χ2n) is 7.46. The number of aliphatic hydroxyl groups excluding tert-OH is 1. The quantitative estimate of drug-likeness (QED) is 0.656. The number of hydrogen-bond acceptors (Lipinski definition) is 8. The summed E-state index contributed by atoms with van der Waals surface area (Å²) in [4.78, 5) is 6.90. The van der Waals surface area contributed by atoms with E-state index in [-0.39, 0.29) is 6.61 Å². The monoisotopic (exact) mass is 406 g/mol. The van der Waals surface area contributed by atoms with Crippen LogP contribution in [0.5, 0.6) is 5.75 Å². The van der Waals surface area contributed by atoms with Crippen LogP contribution < -0.4 is 15.0 Å². The second kappa shape index (κ2) is 7.91. The number of piperazine rings is 1. The zero-order valence-corrected chi connectivity index (χ0v) is 16.4. The molecule has 2 N–H and O–H groups in total. The van der Waals surface area contributed by atoms with Crippen molar-refractivity contribution < 1.29 is 14.6 Å². The molecule has 0 bridgehead atoms. The lowest BCUT2D eigenvalue weighted by molar-refractivity contribution is 0.0730. The van der Waals surface area contributed by atoms with Gasteiger partial charge in [0, 0.05) is 43.5 Å². The summed E-state index contributed by atoms with van der Waals surface area (Å²) in [7, 11) is 0. The average Bonchev–Trinajstić information content (AvgIpc) is 3.40. The number of nitriles is 1. The van der Waals surface area contributed by atoms with E-state index in [1.54, 1.807) is 16.9 Å². The van der Waals surface area contributed by atoms with Gasteiger partial charge >= 0.3 is 0 Å². The topological polar surface area (TPSA) is 108 Å². The third kappa shape index (κ3) is 3.45. The highest BCUT2D eigenvalue weighted by Gasteiger charge is 2.28. The minimum absolute atomic E-state index is 0.261. The minimum atomic E-state index is -0.670. The van der Waals surface area contributed by atoms with Crippen LogP contribution in [-0.4, -0.2) is 71.3 Å². The van der Waals surface area contributed by atoms with Gasteiger partial charge in [0.1, 0.15) is 29.8 Å². The van der Waals surface area contributed by atoms with Crippen LogP contribution in [-0.2, 0) is 4.74 Å². The highest BCUT2D eigenvalue weighted by atomic mass is 16.6. The van der Waals surface area contributed by atoms with Crippen molar-refractivity contribution in [2.45, 2.75) is 12.2 Å². The Morgan fingerprint density at radius 2 is 2.10 bits per heavy atom. The molecule has 1 unspecified atom stereocenters. The number of anilines is 1. The summed E-state index contributed by atoms with van der Waals surface area (Å²) in [6.45, 7) is 4.33. The van der Waals surface area contributed by atoms with Crippen LogP contribution in [0.4, 0.5) is 5.82 Å². The van der Waals surface area contributed by atoms with Gasteiger partial charge in [-0.15, -0.1) is 0 Å². The molecule has 5 heterocycles. The van der Waals surface area contributed by atoms with Crippen LogP contribution in [0.2, 0.25) is 0 Å². The first kappa shape index (κ1) is 18.8. The number of hydrogen-bond donors (Lipinski definition) is 2. The van der Waals surface area contributed by atoms with Crippen LogP contribution in [0.25, 0.3) is 16.6 Å². The van der Waals surface area contributed by atoms with Crippen molar-refractivity contribution in [2.75, 3.05) is 44.3 Å². The molecule has 0 aliphatic carbocycles. The number of aromatic nitrogens is 3. The minimum Gasteiger partial charge on any atom is -0.484 e. The molecule has 2 fully saturated rings. The Morgan fingerprint density at radius 3 is 2.80 bits per heavy atom. The van der Waals surface area contributed by atoms with Crippen molar-refractivity contribution in [2.24, 2.45) is 0 Å². The smallest absolute Gasteiger partial charge is 0.150 e. The van der Waals surface area contributed by atoms with Crippen molar-refractivity contribution in [3.63, 3.8) is 0 Å². The van der Waals surface area contributed by atoms with Gasteiger partial charge in [-0.2, -0.15) is 10.4 Å². The van der Waals surface area contributed by atoms with Crippen molar-refractivity contribution in [1.29, 1.82) is 5.26 Å². The van der Waals surface area contributed by atoms with Gasteiger partial charge in [0.2, 0.25) is 0 Å². The van der Waals surface area contributed by atoms with Gasteiger partial charge < -0.3 is 24.8 Å². The molecular formula is C21H22N6O3. The van der Waals surface area contributed by atoms with E-state index in [9.17, 15) is 10.4 Å². The highest BCUT2D eigenvalue weighted by Crippen LogP contribution is 2.32. The van der Waals surface area contributed by atoms with E-state index in [0.717, 1.165) is 43.1 Å². The number of pyridine rings is 2. The van der Waals surface area contributed by atoms with Crippen molar-refractivity contribution in [3.8, 4) is 22.9 Å². The molecule has 2 aliphatic heterocycles. The van der Waals surface area contributed by atoms with E-state index < -0.39 is 12.2 Å². The Bertz CT molecular complexity index is 1080. The molecular weight excluding hydrogens is 384 g/mol. The molecule has 30 heavy (non-hydrogen) atoms. The van der Waals surface area contributed by atoms with Crippen LogP contribution in [0.3, 0.4) is 0 Å². The standard InChI is InChI=1S/C21H22N6O3/c22-8-15-10-25-27-11-16(30-19-13-29-12-18(19)28)7-17(21(15)27)14-1-2-20(24-9-14)26-5-3-23-4-6-26/h1-2,7,9-11,18-19,23,28H,3-6,12-13H2/t18?,19-/m0/s1. The lowest BCUT2D eigenvalue weighted by Gasteiger charge is -2.28. The van der Waals surface area contributed by atoms with Crippen LogP contribution in [0, 0.1) is 11.3 Å². The predicted octanol–water partition coefficient (Wildman–Crippen LogP) is 0.816. The van der Waals surface area contributed by atoms with Crippen LogP contribution >= 0.6 is 0 Å². The zero-order chi connectivity index (χ0) is 20.5. The summed E-state index contributed by atoms with van der Waals surface area (Å²) >= 11 is 0. The Hall–Kier alpha value is -3.19. The normalized spacial score (nSPS) is 21.7. The Labute approximate surface area is 173 Å². The maximum Gasteiger partial charge on any atom is 0.150 e. The lowest BCUT2D eigenvalue weighted by Crippen LogP contribution is -2.43. The third-order valence-corrected chi connectivity index (χ3v) is 5.49. The molecule has 0 saturated carbocycles. The van der Waals surface area contributed by atoms with Gasteiger partial charge in [-0.25, -0.2) is 9.50 Å². The molecule has 5 rings (SSSR count). The van der Waals surface area contributed by atoms with Crippen molar-refractivity contribution >= 4 is 11.3 Å². The summed E-state index contributed by atoms with van der Waals surface area (Å²) in [5, 5.41) is 27.2. The lowest BCUT2D eigenvalue weighted by atomic mass is 10.1. The second-order valence-corrected chi connectivity index (χ2v) is 7.46. The SMILES string of the molecule is N#Cc1cnn2cc(O[C@H]3COCC3O)cc(-c3ccc(N4CCNCC4)nc3)c12. The molecule has 0 aromatic carbocycles. The molecule has 2 aliphatic rings. The Balaban J connectivity index is 1.53. The fourth-order valence-corrected chi connectivity index (χ4v) is 3.90. The van der Waals surface area contributed by atoms with Crippen LogP contribution in [0.15, 0.2) is 36.8 Å². The zero-order valence-electron chi connectivity index (χ0n) is 16.4. The number of aliphatic hydroxyl groups is 1. The molecule has 2 atom stereocenters. The molecule has 3 aromatic rings. The average molecular weight is 406 g/mol. The van der Waals surface area contributed by atoms with Gasteiger partial charge in [0.05, 0.1) is 36.7 Å². The molecule has 0 radical (unpaired) electrons. The highest BCUT2D eigenvalue weighted by molar-refractivity contribution is 5.85. The largest absolute Gasteiger partial charge is 0.484 e. The first-order valence-corrected chi connectivity index (χ1v) is 9.99. The van der Waals surface area contributed by atoms with E-state index in [1.807, 2.05) is 24.4 Å². The van der Waals surface area contributed by atoms with Gasteiger partial charge in [-0.3, -0.25) is 0 Å².